The molecule has 0 unspecified atom stereocenters. The molecule has 0 aliphatic heterocycles. The van der Waals surface area contributed by atoms with Gasteiger partial charge in [0.2, 0.25) is 0 Å². The standard InChI is InChI=1S/C24H25NO6/c1-4-25(14-16-9-10-21(29-2)22(11-16)30-3)23(27)15-31-24(28)19-12-17-7-5-6-8-18(17)13-20(19)26/h5-13,26H,4,14-15H2,1-3H3. The second-order valence-electron chi connectivity index (χ2n) is 6.89. The van der Waals surface area contributed by atoms with E-state index in [9.17, 15) is 14.7 Å². The Kier molecular flexibility index (Phi) is 6.97. The third kappa shape index (κ3) is 5.06. The molecule has 3 aromatic rings. The zero-order chi connectivity index (χ0) is 22.4. The average Bonchev–Trinajstić information content (AvgIpc) is 2.80. The minimum atomic E-state index is -0.751. The van der Waals surface area contributed by atoms with E-state index in [0.29, 0.717) is 24.6 Å². The Hall–Kier alpha value is -3.74. The van der Waals surface area contributed by atoms with E-state index in [1.807, 2.05) is 37.3 Å². The molecule has 0 radical (unpaired) electrons. The molecule has 0 saturated carbocycles. The summed E-state index contributed by atoms with van der Waals surface area (Å²) >= 11 is 0. The maximum Gasteiger partial charge on any atom is 0.342 e. The van der Waals surface area contributed by atoms with Gasteiger partial charge in [0.25, 0.3) is 5.91 Å². The van der Waals surface area contributed by atoms with Crippen molar-refractivity contribution in [2.45, 2.75) is 13.5 Å². The van der Waals surface area contributed by atoms with Crippen molar-refractivity contribution in [1.82, 2.24) is 4.90 Å². The van der Waals surface area contributed by atoms with Gasteiger partial charge in [-0.05, 0) is 47.5 Å². The first-order chi connectivity index (χ1) is 15.0. The van der Waals surface area contributed by atoms with Crippen LogP contribution in [0.5, 0.6) is 17.2 Å². The molecule has 162 valence electrons. The molecule has 7 heteroatoms. The molecule has 1 N–H and O–H groups in total. The maximum absolute atomic E-state index is 12.6. The van der Waals surface area contributed by atoms with E-state index in [1.54, 1.807) is 37.3 Å². The van der Waals surface area contributed by atoms with Crippen LogP contribution in [0.15, 0.2) is 54.6 Å². The quantitative estimate of drug-likeness (QED) is 0.555. The smallest absolute Gasteiger partial charge is 0.342 e. The van der Waals surface area contributed by atoms with E-state index in [4.69, 9.17) is 14.2 Å². The summed E-state index contributed by atoms with van der Waals surface area (Å²) in [4.78, 5) is 26.6. The predicted molar refractivity (Wildman–Crippen MR) is 117 cm³/mol. The van der Waals surface area contributed by atoms with Crippen molar-refractivity contribution in [2.24, 2.45) is 0 Å². The van der Waals surface area contributed by atoms with Crippen LogP contribution in [0.4, 0.5) is 0 Å². The van der Waals surface area contributed by atoms with Gasteiger partial charge >= 0.3 is 5.97 Å². The Morgan fingerprint density at radius 3 is 2.26 bits per heavy atom. The van der Waals surface area contributed by atoms with Crippen molar-refractivity contribution in [1.29, 1.82) is 0 Å². The summed E-state index contributed by atoms with van der Waals surface area (Å²) in [6, 6.07) is 15.8. The van der Waals surface area contributed by atoms with Crippen molar-refractivity contribution < 1.29 is 28.9 Å². The fourth-order valence-corrected chi connectivity index (χ4v) is 3.26. The van der Waals surface area contributed by atoms with Gasteiger partial charge in [-0.3, -0.25) is 4.79 Å². The Morgan fingerprint density at radius 1 is 0.935 bits per heavy atom. The molecule has 0 heterocycles. The summed E-state index contributed by atoms with van der Waals surface area (Å²) in [6.07, 6.45) is 0. The number of phenols is 1. The fourth-order valence-electron chi connectivity index (χ4n) is 3.26. The van der Waals surface area contributed by atoms with E-state index in [1.165, 1.54) is 6.07 Å². The third-order valence-corrected chi connectivity index (χ3v) is 4.97. The predicted octanol–water partition coefficient (Wildman–Crippen LogP) is 3.77. The van der Waals surface area contributed by atoms with Crippen LogP contribution < -0.4 is 9.47 Å². The minimum absolute atomic E-state index is 0.0226. The van der Waals surface area contributed by atoms with Gasteiger partial charge in [0.1, 0.15) is 11.3 Å². The number of aromatic hydroxyl groups is 1. The summed E-state index contributed by atoms with van der Waals surface area (Å²) < 4.78 is 15.7. The van der Waals surface area contributed by atoms with Crippen LogP contribution in [0.3, 0.4) is 0 Å². The number of esters is 1. The summed E-state index contributed by atoms with van der Waals surface area (Å²) in [7, 11) is 3.10. The van der Waals surface area contributed by atoms with E-state index in [0.717, 1.165) is 16.3 Å². The van der Waals surface area contributed by atoms with E-state index in [2.05, 4.69) is 0 Å². The van der Waals surface area contributed by atoms with Crippen molar-refractivity contribution in [3.63, 3.8) is 0 Å². The average molecular weight is 423 g/mol. The molecular weight excluding hydrogens is 398 g/mol. The molecule has 0 atom stereocenters. The van der Waals surface area contributed by atoms with Gasteiger partial charge < -0.3 is 24.2 Å². The highest BCUT2D eigenvalue weighted by atomic mass is 16.5. The van der Waals surface area contributed by atoms with Crippen molar-refractivity contribution in [3.05, 3.63) is 65.7 Å². The lowest BCUT2D eigenvalue weighted by Gasteiger charge is -2.21. The molecule has 0 spiro atoms. The van der Waals surface area contributed by atoms with Gasteiger partial charge in [0.15, 0.2) is 18.1 Å². The van der Waals surface area contributed by atoms with E-state index >= 15 is 0 Å². The first kappa shape index (κ1) is 22.0. The topological polar surface area (TPSA) is 85.3 Å². The number of rotatable bonds is 8. The van der Waals surface area contributed by atoms with Crippen LogP contribution in [-0.4, -0.2) is 49.3 Å². The molecule has 0 saturated heterocycles. The number of methoxy groups -OCH3 is 2. The normalized spacial score (nSPS) is 10.5. The number of fused-ring (bicyclic) bond motifs is 1. The second kappa shape index (κ2) is 9.84. The van der Waals surface area contributed by atoms with E-state index < -0.39 is 12.6 Å². The molecule has 7 nitrogen and oxygen atoms in total. The van der Waals surface area contributed by atoms with Gasteiger partial charge in [-0.2, -0.15) is 0 Å². The number of hydrogen-bond acceptors (Lipinski definition) is 6. The number of amides is 1. The second-order valence-corrected chi connectivity index (χ2v) is 6.89. The number of benzene rings is 3. The molecular formula is C24H25NO6. The van der Waals surface area contributed by atoms with Crippen LogP contribution in [-0.2, 0) is 16.1 Å². The number of likely N-dealkylation sites (N-methyl/N-ethyl adjacent to an activating group) is 1. The molecule has 0 aliphatic rings. The van der Waals surface area contributed by atoms with Crippen molar-refractivity contribution >= 4 is 22.6 Å². The molecule has 3 rings (SSSR count). The summed E-state index contributed by atoms with van der Waals surface area (Å²) in [5, 5.41) is 11.8. The van der Waals surface area contributed by atoms with Crippen LogP contribution in [0.1, 0.15) is 22.8 Å². The summed E-state index contributed by atoms with van der Waals surface area (Å²) in [5.74, 6) is -0.107. The van der Waals surface area contributed by atoms with Gasteiger partial charge in [0.05, 0.1) is 14.2 Å². The lowest BCUT2D eigenvalue weighted by Crippen LogP contribution is -2.34. The lowest BCUT2D eigenvalue weighted by molar-refractivity contribution is -0.134. The van der Waals surface area contributed by atoms with Gasteiger partial charge in [-0.1, -0.05) is 30.3 Å². The largest absolute Gasteiger partial charge is 0.507 e. The fraction of sp³-hybridized carbons (Fsp3) is 0.250. The van der Waals surface area contributed by atoms with Gasteiger partial charge in [-0.25, -0.2) is 4.79 Å². The number of phenolic OH excluding ortho intramolecular Hbond substituents is 1. The first-order valence-corrected chi connectivity index (χ1v) is 9.84. The zero-order valence-electron chi connectivity index (χ0n) is 17.8. The highest BCUT2D eigenvalue weighted by molar-refractivity contribution is 5.99. The highest BCUT2D eigenvalue weighted by Crippen LogP contribution is 2.28. The zero-order valence-corrected chi connectivity index (χ0v) is 17.8. The molecule has 0 fully saturated rings. The molecule has 0 aliphatic carbocycles. The monoisotopic (exact) mass is 423 g/mol. The summed E-state index contributed by atoms with van der Waals surface area (Å²) in [6.45, 7) is 2.18. The van der Waals surface area contributed by atoms with Gasteiger partial charge in [0, 0.05) is 13.1 Å². The molecule has 31 heavy (non-hydrogen) atoms. The van der Waals surface area contributed by atoms with E-state index in [-0.39, 0.29) is 17.2 Å². The van der Waals surface area contributed by atoms with Crippen LogP contribution in [0.2, 0.25) is 0 Å². The molecule has 0 bridgehead atoms. The number of ether oxygens (including phenoxy) is 3. The van der Waals surface area contributed by atoms with Crippen molar-refractivity contribution in [2.75, 3.05) is 27.4 Å². The highest BCUT2D eigenvalue weighted by Gasteiger charge is 2.19. The SMILES string of the molecule is CCN(Cc1ccc(OC)c(OC)c1)C(=O)COC(=O)c1cc2ccccc2cc1O. The Labute approximate surface area is 180 Å². The van der Waals surface area contributed by atoms with Crippen LogP contribution in [0, 0.1) is 0 Å². The molecule has 1 amide bonds. The molecule has 0 aromatic heterocycles. The van der Waals surface area contributed by atoms with Crippen LogP contribution >= 0.6 is 0 Å². The molecule has 3 aromatic carbocycles. The first-order valence-electron chi connectivity index (χ1n) is 9.84. The number of carbonyl (C=O) groups is 2. The van der Waals surface area contributed by atoms with Crippen LogP contribution in [0.25, 0.3) is 10.8 Å². The van der Waals surface area contributed by atoms with Crippen molar-refractivity contribution in [3.8, 4) is 17.2 Å². The maximum atomic E-state index is 12.6. The summed E-state index contributed by atoms with van der Waals surface area (Å²) in [5.41, 5.74) is 0.876. The van der Waals surface area contributed by atoms with Gasteiger partial charge in [-0.15, -0.1) is 0 Å². The minimum Gasteiger partial charge on any atom is -0.507 e. The number of hydrogen-bond donors (Lipinski definition) is 1. The number of nitrogens with zero attached hydrogens (tertiary/aromatic N) is 1. The number of carbonyl (C=O) groups excluding carboxylic acids is 2. The third-order valence-electron chi connectivity index (χ3n) is 4.97. The Bertz CT molecular complexity index is 1090. The Balaban J connectivity index is 1.66. The lowest BCUT2D eigenvalue weighted by atomic mass is 10.1. The Morgan fingerprint density at radius 2 is 1.61 bits per heavy atom.